The molecule has 1 fully saturated rings. The highest BCUT2D eigenvalue weighted by molar-refractivity contribution is 5.58. The van der Waals surface area contributed by atoms with Crippen LogP contribution in [-0.2, 0) is 7.05 Å². The van der Waals surface area contributed by atoms with Crippen molar-refractivity contribution in [1.82, 2.24) is 9.55 Å². The minimum Gasteiger partial charge on any atom is -0.358 e. The summed E-state index contributed by atoms with van der Waals surface area (Å²) in [5.74, 6) is 0.187. The number of aromatic nitrogens is 2. The Hall–Kier alpha value is -2.70. The molecule has 7 heteroatoms. The Kier molecular flexibility index (Phi) is 4.10. The Bertz CT molecular complexity index is 759. The van der Waals surface area contributed by atoms with Gasteiger partial charge in [0.15, 0.2) is 0 Å². The van der Waals surface area contributed by atoms with Crippen molar-refractivity contribution >= 4 is 17.7 Å². The van der Waals surface area contributed by atoms with Crippen molar-refractivity contribution in [2.45, 2.75) is 12.8 Å². The molecule has 2 aromatic rings. The zero-order valence-corrected chi connectivity index (χ0v) is 12.8. The number of hydrogen-bond acceptors (Lipinski definition) is 4. The second-order valence-corrected chi connectivity index (χ2v) is 5.60. The van der Waals surface area contributed by atoms with Gasteiger partial charge in [-0.15, -0.1) is 0 Å². The molecule has 0 atom stereocenters. The highest BCUT2D eigenvalue weighted by Gasteiger charge is 2.27. The quantitative estimate of drug-likeness (QED) is 0.644. The SMILES string of the molecule is Cn1cnc([N+](=O)[O-])c1N1CCC(=Cc2cccc(F)c2)CC1. The van der Waals surface area contributed by atoms with Crippen LogP contribution in [0.15, 0.2) is 36.2 Å². The first-order chi connectivity index (χ1) is 11.0. The molecule has 0 aliphatic carbocycles. The first kappa shape index (κ1) is 15.2. The van der Waals surface area contributed by atoms with Crippen molar-refractivity contribution in [2.24, 2.45) is 7.05 Å². The van der Waals surface area contributed by atoms with E-state index in [4.69, 9.17) is 0 Å². The summed E-state index contributed by atoms with van der Waals surface area (Å²) in [6, 6.07) is 6.49. The van der Waals surface area contributed by atoms with Gasteiger partial charge in [0.1, 0.15) is 5.82 Å². The van der Waals surface area contributed by atoms with Gasteiger partial charge in [0, 0.05) is 20.1 Å². The topological polar surface area (TPSA) is 64.2 Å². The maximum Gasteiger partial charge on any atom is 0.406 e. The van der Waals surface area contributed by atoms with Gasteiger partial charge < -0.3 is 15.0 Å². The van der Waals surface area contributed by atoms with Crippen LogP contribution >= 0.6 is 0 Å². The molecule has 23 heavy (non-hydrogen) atoms. The van der Waals surface area contributed by atoms with Gasteiger partial charge in [-0.05, 0) is 40.4 Å². The normalized spacial score (nSPS) is 14.9. The highest BCUT2D eigenvalue weighted by Crippen LogP contribution is 2.30. The van der Waals surface area contributed by atoms with Crippen LogP contribution in [-0.4, -0.2) is 27.6 Å². The van der Waals surface area contributed by atoms with Crippen molar-refractivity contribution in [2.75, 3.05) is 18.0 Å². The number of rotatable bonds is 3. The van der Waals surface area contributed by atoms with E-state index in [2.05, 4.69) is 4.98 Å². The van der Waals surface area contributed by atoms with E-state index < -0.39 is 4.92 Å². The van der Waals surface area contributed by atoms with Crippen LogP contribution in [0, 0.1) is 15.9 Å². The molecule has 3 rings (SSSR count). The second-order valence-electron chi connectivity index (χ2n) is 5.60. The summed E-state index contributed by atoms with van der Waals surface area (Å²) in [5.41, 5.74) is 2.07. The number of imidazole rings is 1. The standard InChI is InChI=1S/C16H17FN4O2/c1-19-11-18-15(21(22)23)16(19)20-7-5-12(6-8-20)9-13-3-2-4-14(17)10-13/h2-4,9-11H,5-8H2,1H3. The zero-order valence-electron chi connectivity index (χ0n) is 12.8. The summed E-state index contributed by atoms with van der Waals surface area (Å²) < 4.78 is 14.9. The van der Waals surface area contributed by atoms with Crippen molar-refractivity contribution in [3.8, 4) is 0 Å². The number of hydrogen-bond donors (Lipinski definition) is 0. The van der Waals surface area contributed by atoms with Gasteiger partial charge >= 0.3 is 5.82 Å². The number of piperidine rings is 1. The van der Waals surface area contributed by atoms with E-state index in [0.717, 1.165) is 18.4 Å². The van der Waals surface area contributed by atoms with Crippen LogP contribution in [0.2, 0.25) is 0 Å². The number of halogens is 1. The van der Waals surface area contributed by atoms with Crippen LogP contribution in [0.1, 0.15) is 18.4 Å². The number of benzene rings is 1. The fourth-order valence-corrected chi connectivity index (χ4v) is 2.89. The van der Waals surface area contributed by atoms with E-state index in [0.29, 0.717) is 18.9 Å². The van der Waals surface area contributed by atoms with E-state index in [1.54, 1.807) is 17.7 Å². The van der Waals surface area contributed by atoms with Gasteiger partial charge in [0.2, 0.25) is 12.1 Å². The van der Waals surface area contributed by atoms with Crippen LogP contribution < -0.4 is 4.90 Å². The molecule has 120 valence electrons. The summed E-state index contributed by atoms with van der Waals surface area (Å²) in [6.45, 7) is 1.36. The molecule has 0 amide bonds. The minimum atomic E-state index is -0.451. The third kappa shape index (κ3) is 3.23. The molecule has 1 aromatic heterocycles. The maximum atomic E-state index is 13.2. The molecule has 0 spiro atoms. The fraction of sp³-hybridized carbons (Fsp3) is 0.312. The lowest BCUT2D eigenvalue weighted by Crippen LogP contribution is -2.32. The molecule has 0 radical (unpaired) electrons. The van der Waals surface area contributed by atoms with Crippen molar-refractivity contribution in [3.05, 3.63) is 57.7 Å². The van der Waals surface area contributed by atoms with Crippen LogP contribution in [0.25, 0.3) is 6.08 Å². The van der Waals surface area contributed by atoms with Gasteiger partial charge in [0.05, 0.1) is 0 Å². The summed E-state index contributed by atoms with van der Waals surface area (Å²) in [4.78, 5) is 16.5. The highest BCUT2D eigenvalue weighted by atomic mass is 19.1. The lowest BCUT2D eigenvalue weighted by atomic mass is 10.0. The van der Waals surface area contributed by atoms with Gasteiger partial charge in [-0.1, -0.05) is 23.8 Å². The van der Waals surface area contributed by atoms with Gasteiger partial charge in [-0.25, -0.2) is 4.39 Å². The predicted molar refractivity (Wildman–Crippen MR) is 85.7 cm³/mol. The smallest absolute Gasteiger partial charge is 0.358 e. The molecule has 0 N–H and O–H groups in total. The van der Waals surface area contributed by atoms with Crippen LogP contribution in [0.5, 0.6) is 0 Å². The number of anilines is 1. The summed E-state index contributed by atoms with van der Waals surface area (Å²) in [7, 11) is 1.76. The predicted octanol–water partition coefficient (Wildman–Crippen LogP) is 3.15. The van der Waals surface area contributed by atoms with Gasteiger partial charge in [-0.3, -0.25) is 4.57 Å². The Morgan fingerprint density at radius 1 is 1.35 bits per heavy atom. The average molecular weight is 316 g/mol. The van der Waals surface area contributed by atoms with Crippen molar-refractivity contribution in [1.29, 1.82) is 0 Å². The first-order valence-corrected chi connectivity index (χ1v) is 7.40. The Balaban J connectivity index is 1.74. The summed E-state index contributed by atoms with van der Waals surface area (Å²) >= 11 is 0. The van der Waals surface area contributed by atoms with E-state index in [1.807, 2.05) is 17.0 Å². The molecule has 0 saturated carbocycles. The summed E-state index contributed by atoms with van der Waals surface area (Å²) in [6.07, 6.45) is 5.04. The molecule has 1 saturated heterocycles. The Morgan fingerprint density at radius 2 is 2.09 bits per heavy atom. The van der Waals surface area contributed by atoms with E-state index in [-0.39, 0.29) is 11.6 Å². The van der Waals surface area contributed by atoms with Crippen molar-refractivity contribution < 1.29 is 9.31 Å². The first-order valence-electron chi connectivity index (χ1n) is 7.40. The fourth-order valence-electron chi connectivity index (χ4n) is 2.89. The molecule has 1 aliphatic rings. The van der Waals surface area contributed by atoms with Gasteiger partial charge in [0.25, 0.3) is 0 Å². The molecular formula is C16H17FN4O2. The number of nitrogens with zero attached hydrogens (tertiary/aromatic N) is 4. The molecule has 2 heterocycles. The second kappa shape index (κ2) is 6.20. The molecule has 1 aromatic carbocycles. The minimum absolute atomic E-state index is 0.106. The monoisotopic (exact) mass is 316 g/mol. The zero-order chi connectivity index (χ0) is 16.4. The lowest BCUT2D eigenvalue weighted by molar-refractivity contribution is -0.388. The number of aryl methyl sites for hydroxylation is 1. The van der Waals surface area contributed by atoms with Gasteiger partial charge in [-0.2, -0.15) is 0 Å². The average Bonchev–Trinajstić information content (AvgIpc) is 2.90. The van der Waals surface area contributed by atoms with Crippen molar-refractivity contribution in [3.63, 3.8) is 0 Å². The Labute approximate surface area is 133 Å². The molecule has 6 nitrogen and oxygen atoms in total. The molecular weight excluding hydrogens is 299 g/mol. The number of nitro groups is 1. The molecule has 1 aliphatic heterocycles. The third-order valence-corrected chi connectivity index (χ3v) is 3.98. The largest absolute Gasteiger partial charge is 0.406 e. The van der Waals surface area contributed by atoms with E-state index >= 15 is 0 Å². The maximum absolute atomic E-state index is 13.2. The van der Waals surface area contributed by atoms with Crippen LogP contribution in [0.3, 0.4) is 0 Å². The van der Waals surface area contributed by atoms with E-state index in [9.17, 15) is 14.5 Å². The summed E-state index contributed by atoms with van der Waals surface area (Å²) in [5, 5.41) is 11.1. The van der Waals surface area contributed by atoms with Crippen LogP contribution in [0.4, 0.5) is 16.0 Å². The van der Waals surface area contributed by atoms with E-state index in [1.165, 1.54) is 24.0 Å². The lowest BCUT2D eigenvalue weighted by Gasteiger charge is -2.29. The molecule has 0 bridgehead atoms. The Morgan fingerprint density at radius 3 is 2.74 bits per heavy atom. The molecule has 0 unspecified atom stereocenters. The third-order valence-electron chi connectivity index (χ3n) is 3.98.